The SMILES string of the molecule is CCC(CCCn1ncc(Cl)c1C)NC. The van der Waals surface area contributed by atoms with Crippen molar-refractivity contribution in [1.82, 2.24) is 15.1 Å². The summed E-state index contributed by atoms with van der Waals surface area (Å²) in [5, 5.41) is 8.29. The molecule has 0 saturated carbocycles. The molecular formula is C11H20ClN3. The highest BCUT2D eigenvalue weighted by Crippen LogP contribution is 2.14. The third-order valence-corrected chi connectivity index (χ3v) is 3.24. The zero-order chi connectivity index (χ0) is 11.3. The van der Waals surface area contributed by atoms with E-state index in [1.54, 1.807) is 6.20 Å². The predicted octanol–water partition coefficient (Wildman–Crippen LogP) is 2.62. The van der Waals surface area contributed by atoms with Crippen molar-refractivity contribution in [2.24, 2.45) is 0 Å². The van der Waals surface area contributed by atoms with Crippen LogP contribution in [0.1, 0.15) is 31.9 Å². The maximum atomic E-state index is 5.93. The Morgan fingerprint density at radius 1 is 1.60 bits per heavy atom. The minimum atomic E-state index is 0.622. The number of hydrogen-bond acceptors (Lipinski definition) is 2. The number of aromatic nitrogens is 2. The Bertz CT molecular complexity index is 292. The summed E-state index contributed by atoms with van der Waals surface area (Å²) in [7, 11) is 2.02. The lowest BCUT2D eigenvalue weighted by Gasteiger charge is -2.13. The number of nitrogens with zero attached hydrogens (tertiary/aromatic N) is 2. The molecule has 0 amide bonds. The summed E-state index contributed by atoms with van der Waals surface area (Å²) in [6.45, 7) is 5.17. The Morgan fingerprint density at radius 2 is 2.33 bits per heavy atom. The fraction of sp³-hybridized carbons (Fsp3) is 0.727. The molecule has 3 nitrogen and oxygen atoms in total. The molecular weight excluding hydrogens is 210 g/mol. The van der Waals surface area contributed by atoms with Gasteiger partial charge < -0.3 is 5.32 Å². The summed E-state index contributed by atoms with van der Waals surface area (Å²) < 4.78 is 1.98. The van der Waals surface area contributed by atoms with Gasteiger partial charge in [0.15, 0.2) is 0 Å². The van der Waals surface area contributed by atoms with Crippen LogP contribution in [0.2, 0.25) is 5.02 Å². The monoisotopic (exact) mass is 229 g/mol. The van der Waals surface area contributed by atoms with Gasteiger partial charge >= 0.3 is 0 Å². The van der Waals surface area contributed by atoms with E-state index in [2.05, 4.69) is 17.3 Å². The lowest BCUT2D eigenvalue weighted by molar-refractivity contribution is 0.453. The van der Waals surface area contributed by atoms with Crippen molar-refractivity contribution in [2.45, 2.75) is 45.7 Å². The van der Waals surface area contributed by atoms with Crippen molar-refractivity contribution in [3.05, 3.63) is 16.9 Å². The molecule has 1 atom stereocenters. The summed E-state index contributed by atoms with van der Waals surface area (Å²) >= 11 is 5.93. The molecule has 0 bridgehead atoms. The van der Waals surface area contributed by atoms with Crippen molar-refractivity contribution in [3.63, 3.8) is 0 Å². The Kier molecular flexibility index (Phi) is 5.12. The summed E-state index contributed by atoms with van der Waals surface area (Å²) in [5.74, 6) is 0. The van der Waals surface area contributed by atoms with Crippen molar-refractivity contribution < 1.29 is 0 Å². The van der Waals surface area contributed by atoms with Crippen LogP contribution in [0, 0.1) is 6.92 Å². The quantitative estimate of drug-likeness (QED) is 0.813. The normalized spacial score (nSPS) is 13.1. The molecule has 0 aliphatic rings. The molecule has 1 heterocycles. The molecule has 1 N–H and O–H groups in total. The molecule has 1 aromatic rings. The topological polar surface area (TPSA) is 29.9 Å². The second-order valence-electron chi connectivity index (χ2n) is 3.84. The first-order valence-electron chi connectivity index (χ1n) is 5.54. The van der Waals surface area contributed by atoms with E-state index in [-0.39, 0.29) is 0 Å². The Hall–Kier alpha value is -0.540. The Labute approximate surface area is 96.8 Å². The van der Waals surface area contributed by atoms with E-state index in [0.29, 0.717) is 6.04 Å². The minimum Gasteiger partial charge on any atom is -0.317 e. The molecule has 0 radical (unpaired) electrons. The predicted molar refractivity (Wildman–Crippen MR) is 64.3 cm³/mol. The van der Waals surface area contributed by atoms with Crippen LogP contribution in [0.25, 0.3) is 0 Å². The van der Waals surface area contributed by atoms with Crippen molar-refractivity contribution in [2.75, 3.05) is 7.05 Å². The van der Waals surface area contributed by atoms with Crippen LogP contribution in [-0.2, 0) is 6.54 Å². The van der Waals surface area contributed by atoms with Gasteiger partial charge in [-0.3, -0.25) is 4.68 Å². The van der Waals surface area contributed by atoms with Crippen LogP contribution in [-0.4, -0.2) is 22.9 Å². The maximum Gasteiger partial charge on any atom is 0.0814 e. The number of hydrogen-bond donors (Lipinski definition) is 1. The standard InChI is InChI=1S/C11H20ClN3/c1-4-10(13-3)6-5-7-15-9(2)11(12)8-14-15/h8,10,13H,4-7H2,1-3H3. The number of nitrogens with one attached hydrogen (secondary N) is 1. The zero-order valence-electron chi connectivity index (χ0n) is 9.76. The maximum absolute atomic E-state index is 5.93. The van der Waals surface area contributed by atoms with Gasteiger partial charge in [-0.05, 0) is 33.2 Å². The largest absolute Gasteiger partial charge is 0.317 e. The molecule has 0 spiro atoms. The van der Waals surface area contributed by atoms with Crippen LogP contribution in [0.4, 0.5) is 0 Å². The fourth-order valence-corrected chi connectivity index (χ4v) is 1.83. The van der Waals surface area contributed by atoms with E-state index < -0.39 is 0 Å². The lowest BCUT2D eigenvalue weighted by Crippen LogP contribution is -2.24. The molecule has 0 saturated heterocycles. The third-order valence-electron chi connectivity index (χ3n) is 2.87. The smallest absolute Gasteiger partial charge is 0.0814 e. The second kappa shape index (κ2) is 6.13. The second-order valence-corrected chi connectivity index (χ2v) is 4.24. The van der Waals surface area contributed by atoms with Gasteiger partial charge in [0.1, 0.15) is 0 Å². The molecule has 1 unspecified atom stereocenters. The van der Waals surface area contributed by atoms with Crippen molar-refractivity contribution in [1.29, 1.82) is 0 Å². The third kappa shape index (κ3) is 3.50. The first-order chi connectivity index (χ1) is 7.19. The van der Waals surface area contributed by atoms with Crippen molar-refractivity contribution >= 4 is 11.6 Å². The van der Waals surface area contributed by atoms with Crippen LogP contribution >= 0.6 is 11.6 Å². The van der Waals surface area contributed by atoms with Gasteiger partial charge in [-0.15, -0.1) is 0 Å². The van der Waals surface area contributed by atoms with Gasteiger partial charge in [0, 0.05) is 12.6 Å². The van der Waals surface area contributed by atoms with E-state index >= 15 is 0 Å². The first kappa shape index (κ1) is 12.5. The Morgan fingerprint density at radius 3 is 2.80 bits per heavy atom. The van der Waals surface area contributed by atoms with Crippen LogP contribution in [0.5, 0.6) is 0 Å². The molecule has 1 aromatic heterocycles. The van der Waals surface area contributed by atoms with E-state index in [9.17, 15) is 0 Å². The van der Waals surface area contributed by atoms with Crippen molar-refractivity contribution in [3.8, 4) is 0 Å². The van der Waals surface area contributed by atoms with Gasteiger partial charge in [-0.25, -0.2) is 0 Å². The minimum absolute atomic E-state index is 0.622. The molecule has 86 valence electrons. The van der Waals surface area contributed by atoms with E-state index in [1.807, 2.05) is 18.7 Å². The molecule has 4 heteroatoms. The van der Waals surface area contributed by atoms with Crippen LogP contribution < -0.4 is 5.32 Å². The summed E-state index contributed by atoms with van der Waals surface area (Å²) in [6.07, 6.45) is 5.21. The first-order valence-corrected chi connectivity index (χ1v) is 5.92. The lowest BCUT2D eigenvalue weighted by atomic mass is 10.1. The molecule has 0 aliphatic heterocycles. The van der Waals surface area contributed by atoms with Gasteiger partial charge in [0.05, 0.1) is 16.9 Å². The highest BCUT2D eigenvalue weighted by molar-refractivity contribution is 6.31. The number of rotatable bonds is 6. The van der Waals surface area contributed by atoms with Gasteiger partial charge in [-0.1, -0.05) is 18.5 Å². The molecule has 0 aliphatic carbocycles. The summed E-state index contributed by atoms with van der Waals surface area (Å²) in [6, 6.07) is 0.622. The van der Waals surface area contributed by atoms with E-state index in [0.717, 1.165) is 23.7 Å². The number of aryl methyl sites for hydroxylation is 1. The van der Waals surface area contributed by atoms with Crippen LogP contribution in [0.15, 0.2) is 6.20 Å². The molecule has 0 fully saturated rings. The Balaban J connectivity index is 2.34. The van der Waals surface area contributed by atoms with Gasteiger partial charge in [0.2, 0.25) is 0 Å². The molecule has 1 rings (SSSR count). The summed E-state index contributed by atoms with van der Waals surface area (Å²) in [4.78, 5) is 0. The van der Waals surface area contributed by atoms with Gasteiger partial charge in [-0.2, -0.15) is 5.10 Å². The van der Waals surface area contributed by atoms with E-state index in [1.165, 1.54) is 12.8 Å². The average Bonchev–Trinajstić information content (AvgIpc) is 2.56. The van der Waals surface area contributed by atoms with E-state index in [4.69, 9.17) is 11.6 Å². The highest BCUT2D eigenvalue weighted by atomic mass is 35.5. The summed E-state index contributed by atoms with van der Waals surface area (Å²) in [5.41, 5.74) is 1.06. The number of halogens is 1. The fourth-order valence-electron chi connectivity index (χ4n) is 1.69. The van der Waals surface area contributed by atoms with Crippen LogP contribution in [0.3, 0.4) is 0 Å². The highest BCUT2D eigenvalue weighted by Gasteiger charge is 2.05. The molecule has 15 heavy (non-hydrogen) atoms. The zero-order valence-corrected chi connectivity index (χ0v) is 10.5. The average molecular weight is 230 g/mol. The molecule has 0 aromatic carbocycles. The van der Waals surface area contributed by atoms with Gasteiger partial charge in [0.25, 0.3) is 0 Å².